The maximum atomic E-state index is 11.9. The van der Waals surface area contributed by atoms with E-state index in [1.165, 1.54) is 0 Å². The number of carbonyl (C=O) groups is 1. The molecule has 0 saturated heterocycles. The lowest BCUT2D eigenvalue weighted by Gasteiger charge is -2.21. The number of benzene rings is 1. The topological polar surface area (TPSA) is 41.6 Å². The number of urea groups is 1. The first kappa shape index (κ1) is 14.2. The van der Waals surface area contributed by atoms with E-state index in [9.17, 15) is 4.79 Å². The van der Waals surface area contributed by atoms with Gasteiger partial charge in [0.25, 0.3) is 0 Å². The van der Waals surface area contributed by atoms with Gasteiger partial charge in [0.1, 0.15) is 0 Å². The van der Waals surface area contributed by atoms with Crippen molar-refractivity contribution in [2.75, 3.05) is 20.7 Å². The molecule has 1 unspecified atom stereocenters. The largest absolute Gasteiger partial charge is 0.375 e. The minimum absolute atomic E-state index is 0.0495. The van der Waals surface area contributed by atoms with Gasteiger partial charge in [-0.25, -0.2) is 4.79 Å². The van der Waals surface area contributed by atoms with E-state index < -0.39 is 0 Å². The summed E-state index contributed by atoms with van der Waals surface area (Å²) in [5.74, 6) is 0. The van der Waals surface area contributed by atoms with E-state index >= 15 is 0 Å². The average Bonchev–Trinajstić information content (AvgIpc) is 3.22. The maximum absolute atomic E-state index is 11.9. The number of nitrogens with zero attached hydrogens (tertiary/aromatic N) is 1. The number of ether oxygens (including phenoxy) is 1. The van der Waals surface area contributed by atoms with Crippen LogP contribution in [0.4, 0.5) is 4.79 Å². The maximum Gasteiger partial charge on any atom is 0.317 e. The molecule has 5 heteroatoms. The molecule has 1 aliphatic carbocycles. The number of methoxy groups -OCH3 is 1. The molecule has 19 heavy (non-hydrogen) atoms. The number of nitrogens with one attached hydrogen (secondary N) is 1. The van der Waals surface area contributed by atoms with Crippen molar-refractivity contribution in [3.63, 3.8) is 0 Å². The molecule has 1 aromatic carbocycles. The zero-order valence-corrected chi connectivity index (χ0v) is 12.0. The second-order valence-corrected chi connectivity index (χ2v) is 5.24. The van der Waals surface area contributed by atoms with Crippen molar-refractivity contribution in [1.82, 2.24) is 10.2 Å². The van der Waals surface area contributed by atoms with Gasteiger partial charge in [0, 0.05) is 31.8 Å². The fourth-order valence-electron chi connectivity index (χ4n) is 1.98. The molecule has 104 valence electrons. The Labute approximate surface area is 118 Å². The Morgan fingerprint density at radius 2 is 2.32 bits per heavy atom. The molecule has 0 aliphatic heterocycles. The van der Waals surface area contributed by atoms with Gasteiger partial charge in [-0.3, -0.25) is 0 Å². The first-order valence-corrected chi connectivity index (χ1v) is 6.78. The van der Waals surface area contributed by atoms with Crippen molar-refractivity contribution in [1.29, 1.82) is 0 Å². The van der Waals surface area contributed by atoms with E-state index in [1.807, 2.05) is 31.3 Å². The third-order valence-corrected chi connectivity index (χ3v) is 3.59. The van der Waals surface area contributed by atoms with Crippen LogP contribution < -0.4 is 5.32 Å². The molecule has 1 N–H and O–H groups in total. The van der Waals surface area contributed by atoms with Crippen molar-refractivity contribution < 1.29 is 9.53 Å². The van der Waals surface area contributed by atoms with Gasteiger partial charge in [0.15, 0.2) is 0 Å². The van der Waals surface area contributed by atoms with Crippen LogP contribution in [0.1, 0.15) is 24.5 Å². The van der Waals surface area contributed by atoms with Crippen LogP contribution in [0.15, 0.2) is 24.3 Å². The Morgan fingerprint density at radius 1 is 1.58 bits per heavy atom. The minimum atomic E-state index is -0.185. The van der Waals surface area contributed by atoms with Gasteiger partial charge in [-0.1, -0.05) is 23.7 Å². The van der Waals surface area contributed by atoms with Gasteiger partial charge in [0.05, 0.1) is 6.10 Å². The Morgan fingerprint density at radius 3 is 2.89 bits per heavy atom. The molecule has 1 atom stereocenters. The number of rotatable bonds is 5. The van der Waals surface area contributed by atoms with Crippen molar-refractivity contribution >= 4 is 17.6 Å². The lowest BCUT2D eigenvalue weighted by Crippen LogP contribution is -2.40. The van der Waals surface area contributed by atoms with Crippen molar-refractivity contribution in [2.45, 2.75) is 25.0 Å². The van der Waals surface area contributed by atoms with Crippen molar-refractivity contribution in [2.24, 2.45) is 0 Å². The van der Waals surface area contributed by atoms with E-state index in [1.54, 1.807) is 12.0 Å². The third kappa shape index (κ3) is 3.85. The normalized spacial score (nSPS) is 15.9. The fraction of sp³-hybridized carbons (Fsp3) is 0.500. The first-order chi connectivity index (χ1) is 9.11. The molecule has 1 saturated carbocycles. The molecule has 1 aliphatic rings. The molecule has 0 aromatic heterocycles. The molecule has 1 aromatic rings. The van der Waals surface area contributed by atoms with Crippen LogP contribution in [0, 0.1) is 0 Å². The Balaban J connectivity index is 1.90. The van der Waals surface area contributed by atoms with Crippen molar-refractivity contribution in [3.05, 3.63) is 34.9 Å². The van der Waals surface area contributed by atoms with Crippen LogP contribution in [0.5, 0.6) is 0 Å². The van der Waals surface area contributed by atoms with E-state index in [0.717, 1.165) is 18.4 Å². The number of carbonyl (C=O) groups excluding carboxylic acids is 1. The van der Waals surface area contributed by atoms with Gasteiger partial charge in [0.2, 0.25) is 0 Å². The summed E-state index contributed by atoms with van der Waals surface area (Å²) in [5, 5.41) is 3.56. The molecular formula is C14H19ClN2O2. The average molecular weight is 283 g/mol. The van der Waals surface area contributed by atoms with Gasteiger partial charge in [-0.05, 0) is 30.5 Å². The summed E-state index contributed by atoms with van der Waals surface area (Å²) in [4.78, 5) is 13.6. The minimum Gasteiger partial charge on any atom is -0.375 e. The smallest absolute Gasteiger partial charge is 0.317 e. The van der Waals surface area contributed by atoms with E-state index in [2.05, 4.69) is 5.32 Å². The molecule has 2 amide bonds. The molecule has 2 rings (SSSR count). The summed E-state index contributed by atoms with van der Waals surface area (Å²) in [7, 11) is 3.45. The highest BCUT2D eigenvalue weighted by Crippen LogP contribution is 2.25. The lowest BCUT2D eigenvalue weighted by atomic mass is 10.1. The quantitative estimate of drug-likeness (QED) is 0.902. The molecule has 0 heterocycles. The summed E-state index contributed by atoms with van der Waals surface area (Å²) in [5.41, 5.74) is 0.962. The van der Waals surface area contributed by atoms with E-state index in [0.29, 0.717) is 17.6 Å². The zero-order chi connectivity index (χ0) is 13.8. The predicted octanol–water partition coefficient (Wildman–Crippen LogP) is 2.83. The summed E-state index contributed by atoms with van der Waals surface area (Å²) in [6.45, 7) is 0.437. The Hall–Kier alpha value is -1.26. The monoisotopic (exact) mass is 282 g/mol. The summed E-state index contributed by atoms with van der Waals surface area (Å²) >= 11 is 5.96. The number of hydrogen-bond donors (Lipinski definition) is 1. The summed E-state index contributed by atoms with van der Waals surface area (Å²) < 4.78 is 5.41. The standard InChI is InChI=1S/C14H19ClN2O2/c1-17(12-6-7-12)14(18)16-9-13(19-2)10-4-3-5-11(15)8-10/h3-5,8,12-13H,6-7,9H2,1-2H3,(H,16,18). The summed E-state index contributed by atoms with van der Waals surface area (Å²) in [6.07, 6.45) is 2.02. The number of halogens is 1. The highest BCUT2D eigenvalue weighted by molar-refractivity contribution is 6.30. The molecule has 0 bridgehead atoms. The van der Waals surface area contributed by atoms with Crippen LogP contribution in [-0.4, -0.2) is 37.7 Å². The molecule has 0 spiro atoms. The van der Waals surface area contributed by atoms with Gasteiger partial charge < -0.3 is 15.0 Å². The molecule has 0 radical (unpaired) electrons. The second kappa shape index (κ2) is 6.26. The highest BCUT2D eigenvalue weighted by atomic mass is 35.5. The first-order valence-electron chi connectivity index (χ1n) is 6.40. The van der Waals surface area contributed by atoms with Gasteiger partial charge >= 0.3 is 6.03 Å². The van der Waals surface area contributed by atoms with Crippen LogP contribution in [0.3, 0.4) is 0 Å². The Kier molecular flexibility index (Phi) is 4.66. The summed E-state index contributed by atoms with van der Waals surface area (Å²) in [6, 6.07) is 7.85. The zero-order valence-electron chi connectivity index (χ0n) is 11.2. The van der Waals surface area contributed by atoms with Crippen molar-refractivity contribution in [3.8, 4) is 0 Å². The predicted molar refractivity (Wildman–Crippen MR) is 75.4 cm³/mol. The van der Waals surface area contributed by atoms with Crippen LogP contribution in [0.2, 0.25) is 5.02 Å². The lowest BCUT2D eigenvalue weighted by molar-refractivity contribution is 0.102. The molecular weight excluding hydrogens is 264 g/mol. The molecule has 4 nitrogen and oxygen atoms in total. The van der Waals surface area contributed by atoms with Crippen LogP contribution in [-0.2, 0) is 4.74 Å². The Bertz CT molecular complexity index is 449. The SMILES string of the molecule is COC(CNC(=O)N(C)C1CC1)c1cccc(Cl)c1. The highest BCUT2D eigenvalue weighted by Gasteiger charge is 2.29. The van der Waals surface area contributed by atoms with E-state index in [4.69, 9.17) is 16.3 Å². The van der Waals surface area contributed by atoms with E-state index in [-0.39, 0.29) is 12.1 Å². The number of amides is 2. The molecule has 1 fully saturated rings. The second-order valence-electron chi connectivity index (χ2n) is 4.81. The van der Waals surface area contributed by atoms with Gasteiger partial charge in [-0.2, -0.15) is 0 Å². The fourth-order valence-corrected chi connectivity index (χ4v) is 2.18. The van der Waals surface area contributed by atoms with Gasteiger partial charge in [-0.15, -0.1) is 0 Å². The van der Waals surface area contributed by atoms with Crippen LogP contribution in [0.25, 0.3) is 0 Å². The van der Waals surface area contributed by atoms with Crippen LogP contribution >= 0.6 is 11.6 Å². The third-order valence-electron chi connectivity index (χ3n) is 3.36. The number of hydrogen-bond acceptors (Lipinski definition) is 2.